The van der Waals surface area contributed by atoms with Crippen molar-refractivity contribution in [2.45, 2.75) is 13.3 Å². The van der Waals surface area contributed by atoms with E-state index >= 15 is 0 Å². The Hall–Kier alpha value is -2.43. The van der Waals surface area contributed by atoms with E-state index in [1.54, 1.807) is 0 Å². The van der Waals surface area contributed by atoms with E-state index in [2.05, 4.69) is 15.3 Å². The zero-order chi connectivity index (χ0) is 13.0. The lowest BCUT2D eigenvalue weighted by Crippen LogP contribution is -2.08. The van der Waals surface area contributed by atoms with Crippen molar-refractivity contribution in [2.24, 2.45) is 0 Å². The maximum atomic E-state index is 10.9. The monoisotopic (exact) mass is 243 g/mol. The molecule has 0 radical (unpaired) electrons. The van der Waals surface area contributed by atoms with E-state index in [9.17, 15) is 4.79 Å². The van der Waals surface area contributed by atoms with Crippen LogP contribution in [0.1, 0.15) is 23.0 Å². The number of benzene rings is 1. The molecule has 0 aliphatic heterocycles. The summed E-state index contributed by atoms with van der Waals surface area (Å²) in [6.07, 6.45) is 1.88. The fourth-order valence-corrected chi connectivity index (χ4v) is 1.58. The second kappa shape index (κ2) is 5.27. The number of carbonyl (C=O) groups is 1. The second-order valence-electron chi connectivity index (χ2n) is 3.70. The molecule has 2 N–H and O–H groups in total. The molecule has 1 aromatic carbocycles. The van der Waals surface area contributed by atoms with Crippen LogP contribution >= 0.6 is 0 Å². The molecule has 1 heterocycles. The summed E-state index contributed by atoms with van der Waals surface area (Å²) in [6.45, 7) is 1.86. The largest absolute Gasteiger partial charge is 0.478 e. The topological polar surface area (TPSA) is 75.1 Å². The van der Waals surface area contributed by atoms with Crippen molar-refractivity contribution in [3.63, 3.8) is 0 Å². The van der Waals surface area contributed by atoms with Crippen LogP contribution in [0.3, 0.4) is 0 Å². The number of hydrogen-bond acceptors (Lipinski definition) is 4. The minimum absolute atomic E-state index is 0.149. The molecule has 1 aromatic heterocycles. The van der Waals surface area contributed by atoms with E-state index in [0.717, 1.165) is 5.69 Å². The van der Waals surface area contributed by atoms with Gasteiger partial charge in [0.2, 0.25) is 5.95 Å². The van der Waals surface area contributed by atoms with E-state index in [-0.39, 0.29) is 5.56 Å². The molecule has 2 rings (SSSR count). The molecule has 5 heteroatoms. The highest BCUT2D eigenvalue weighted by Gasteiger charge is 2.11. The molecular weight excluding hydrogens is 230 g/mol. The Morgan fingerprint density at radius 2 is 2.06 bits per heavy atom. The lowest BCUT2D eigenvalue weighted by atomic mass is 10.2. The van der Waals surface area contributed by atoms with Gasteiger partial charge in [0.25, 0.3) is 0 Å². The van der Waals surface area contributed by atoms with Crippen LogP contribution in [0.2, 0.25) is 0 Å². The third-order valence-electron chi connectivity index (χ3n) is 2.46. The summed E-state index contributed by atoms with van der Waals surface area (Å²) in [5.74, 6) is -0.596. The Kier molecular flexibility index (Phi) is 3.52. The number of aromatic nitrogens is 2. The standard InChI is InChI=1S/C13H13N3O2/c1-2-11-10(12(17)18)8-14-13(16-11)15-9-6-4-3-5-7-9/h3-8H,2H2,1H3,(H,17,18)(H,14,15,16). The molecular formula is C13H13N3O2. The van der Waals surface area contributed by atoms with Crippen LogP contribution in [0.4, 0.5) is 11.6 Å². The summed E-state index contributed by atoms with van der Waals surface area (Å²) in [4.78, 5) is 19.2. The molecule has 0 amide bonds. The van der Waals surface area contributed by atoms with E-state index in [4.69, 9.17) is 5.11 Å². The van der Waals surface area contributed by atoms with E-state index in [1.165, 1.54) is 6.20 Å². The predicted molar refractivity (Wildman–Crippen MR) is 68.1 cm³/mol. The van der Waals surface area contributed by atoms with Crippen LogP contribution in [0.5, 0.6) is 0 Å². The first-order valence-electron chi connectivity index (χ1n) is 5.62. The Bertz CT molecular complexity index is 555. The minimum Gasteiger partial charge on any atom is -0.478 e. The highest BCUT2D eigenvalue weighted by atomic mass is 16.4. The molecule has 0 atom stereocenters. The van der Waals surface area contributed by atoms with Gasteiger partial charge in [-0.3, -0.25) is 0 Å². The molecule has 0 saturated heterocycles. The van der Waals surface area contributed by atoms with Crippen molar-refractivity contribution in [3.05, 3.63) is 47.8 Å². The summed E-state index contributed by atoms with van der Waals surface area (Å²) in [5, 5.41) is 12.0. The van der Waals surface area contributed by atoms with Gasteiger partial charge in [0.05, 0.1) is 11.3 Å². The first-order chi connectivity index (χ1) is 8.70. The highest BCUT2D eigenvalue weighted by molar-refractivity contribution is 5.88. The van der Waals surface area contributed by atoms with Crippen LogP contribution in [-0.2, 0) is 6.42 Å². The van der Waals surface area contributed by atoms with Gasteiger partial charge < -0.3 is 10.4 Å². The van der Waals surface area contributed by atoms with Gasteiger partial charge in [-0.25, -0.2) is 14.8 Å². The number of nitrogens with one attached hydrogen (secondary N) is 1. The summed E-state index contributed by atoms with van der Waals surface area (Å²) in [7, 11) is 0. The molecule has 0 aliphatic carbocycles. The number of nitrogens with zero attached hydrogens (tertiary/aromatic N) is 2. The normalized spacial score (nSPS) is 10.1. The Morgan fingerprint density at radius 3 is 2.67 bits per heavy atom. The van der Waals surface area contributed by atoms with Crippen molar-refractivity contribution >= 4 is 17.6 Å². The molecule has 0 aliphatic rings. The SMILES string of the molecule is CCc1nc(Nc2ccccc2)ncc1C(=O)O. The zero-order valence-electron chi connectivity index (χ0n) is 9.92. The molecule has 2 aromatic rings. The second-order valence-corrected chi connectivity index (χ2v) is 3.70. The predicted octanol–water partition coefficient (Wildman–Crippen LogP) is 2.48. The quantitative estimate of drug-likeness (QED) is 0.862. The maximum Gasteiger partial charge on any atom is 0.339 e. The lowest BCUT2D eigenvalue weighted by molar-refractivity contribution is 0.0694. The van der Waals surface area contributed by atoms with Gasteiger partial charge in [-0.2, -0.15) is 0 Å². The van der Waals surface area contributed by atoms with E-state index in [1.807, 2.05) is 37.3 Å². The Morgan fingerprint density at radius 1 is 1.33 bits per heavy atom. The Labute approximate surface area is 105 Å². The molecule has 0 spiro atoms. The van der Waals surface area contributed by atoms with Gasteiger partial charge in [-0.1, -0.05) is 25.1 Å². The number of aromatic carboxylic acids is 1. The average molecular weight is 243 g/mol. The fraction of sp³-hybridized carbons (Fsp3) is 0.154. The number of aryl methyl sites for hydroxylation is 1. The summed E-state index contributed by atoms with van der Waals surface area (Å²) in [5.41, 5.74) is 1.54. The molecule has 18 heavy (non-hydrogen) atoms. The molecule has 0 saturated carbocycles. The minimum atomic E-state index is -1.00. The van der Waals surface area contributed by atoms with Gasteiger partial charge in [-0.05, 0) is 18.6 Å². The Balaban J connectivity index is 2.28. The first kappa shape index (κ1) is 12.0. The summed E-state index contributed by atoms with van der Waals surface area (Å²) >= 11 is 0. The van der Waals surface area contributed by atoms with Gasteiger partial charge in [0.15, 0.2) is 0 Å². The molecule has 5 nitrogen and oxygen atoms in total. The third-order valence-corrected chi connectivity index (χ3v) is 2.46. The van der Waals surface area contributed by atoms with Gasteiger partial charge in [-0.15, -0.1) is 0 Å². The smallest absolute Gasteiger partial charge is 0.339 e. The van der Waals surface area contributed by atoms with E-state index < -0.39 is 5.97 Å². The molecule has 0 fully saturated rings. The number of anilines is 2. The van der Waals surface area contributed by atoms with Crippen molar-refractivity contribution < 1.29 is 9.90 Å². The molecule has 92 valence electrons. The maximum absolute atomic E-state index is 10.9. The number of carboxylic acid groups (broad SMARTS) is 1. The van der Waals surface area contributed by atoms with Crippen molar-refractivity contribution in [1.82, 2.24) is 9.97 Å². The van der Waals surface area contributed by atoms with E-state index in [0.29, 0.717) is 18.1 Å². The van der Waals surface area contributed by atoms with Crippen molar-refractivity contribution in [1.29, 1.82) is 0 Å². The number of para-hydroxylation sites is 1. The number of hydrogen-bond donors (Lipinski definition) is 2. The first-order valence-corrected chi connectivity index (χ1v) is 5.62. The van der Waals surface area contributed by atoms with Crippen molar-refractivity contribution in [2.75, 3.05) is 5.32 Å². The number of carboxylic acids is 1. The molecule has 0 bridgehead atoms. The van der Waals surface area contributed by atoms with Crippen LogP contribution in [0, 0.1) is 0 Å². The van der Waals surface area contributed by atoms with Gasteiger partial charge in [0, 0.05) is 11.9 Å². The van der Waals surface area contributed by atoms with Crippen LogP contribution in [0.25, 0.3) is 0 Å². The zero-order valence-corrected chi connectivity index (χ0v) is 9.92. The lowest BCUT2D eigenvalue weighted by Gasteiger charge is -2.07. The summed E-state index contributed by atoms with van der Waals surface area (Å²) in [6, 6.07) is 9.49. The van der Waals surface area contributed by atoms with Crippen LogP contribution < -0.4 is 5.32 Å². The number of rotatable bonds is 4. The van der Waals surface area contributed by atoms with Crippen LogP contribution in [0.15, 0.2) is 36.5 Å². The average Bonchev–Trinajstić information content (AvgIpc) is 2.39. The highest BCUT2D eigenvalue weighted by Crippen LogP contribution is 2.14. The fourth-order valence-electron chi connectivity index (χ4n) is 1.58. The van der Waals surface area contributed by atoms with Gasteiger partial charge in [0.1, 0.15) is 0 Å². The summed E-state index contributed by atoms with van der Waals surface area (Å²) < 4.78 is 0. The molecule has 0 unspecified atom stereocenters. The van der Waals surface area contributed by atoms with Crippen molar-refractivity contribution in [3.8, 4) is 0 Å². The third kappa shape index (κ3) is 2.63. The van der Waals surface area contributed by atoms with Gasteiger partial charge >= 0.3 is 5.97 Å². The van der Waals surface area contributed by atoms with Crippen LogP contribution in [-0.4, -0.2) is 21.0 Å².